The van der Waals surface area contributed by atoms with E-state index in [0.717, 1.165) is 16.5 Å². The summed E-state index contributed by atoms with van der Waals surface area (Å²) in [7, 11) is 0. The number of nitrogens with zero attached hydrogens (tertiary/aromatic N) is 1. The molecular weight excluding hydrogens is 369 g/mol. The highest BCUT2D eigenvalue weighted by Crippen LogP contribution is 2.20. The predicted octanol–water partition coefficient (Wildman–Crippen LogP) is 3.99. The Morgan fingerprint density at radius 2 is 2.00 bits per heavy atom. The zero-order valence-electron chi connectivity index (χ0n) is 14.8. The van der Waals surface area contributed by atoms with Gasteiger partial charge in [0, 0.05) is 36.3 Å². The van der Waals surface area contributed by atoms with Crippen molar-refractivity contribution in [1.29, 1.82) is 0 Å². The first-order valence-electron chi connectivity index (χ1n) is 8.49. The number of H-pyrrole nitrogens is 1. The molecule has 0 radical (unpaired) electrons. The number of carbonyl (C=O) groups excluding carboxylic acids is 2. The normalized spacial score (nSPS) is 10.8. The molecule has 2 aromatic carbocycles. The van der Waals surface area contributed by atoms with Gasteiger partial charge in [-0.05, 0) is 36.2 Å². The maximum atomic E-state index is 13.2. The van der Waals surface area contributed by atoms with E-state index in [4.69, 9.17) is 11.6 Å². The van der Waals surface area contributed by atoms with E-state index in [9.17, 15) is 14.0 Å². The van der Waals surface area contributed by atoms with E-state index in [0.29, 0.717) is 18.7 Å². The number of aromatic amines is 1. The SMILES string of the molecule is CC(=O)N(CCc1c[nH]c2ccccc12)CC(=O)Nc1ccc(F)c(Cl)c1. The molecule has 27 heavy (non-hydrogen) atoms. The van der Waals surface area contributed by atoms with Gasteiger partial charge in [-0.25, -0.2) is 4.39 Å². The van der Waals surface area contributed by atoms with Crippen LogP contribution in [0.2, 0.25) is 5.02 Å². The fourth-order valence-electron chi connectivity index (χ4n) is 2.89. The third kappa shape index (κ3) is 4.65. The highest BCUT2D eigenvalue weighted by Gasteiger charge is 2.15. The molecule has 1 heterocycles. The molecule has 2 amide bonds. The fourth-order valence-corrected chi connectivity index (χ4v) is 3.07. The molecule has 3 aromatic rings. The highest BCUT2D eigenvalue weighted by molar-refractivity contribution is 6.31. The van der Waals surface area contributed by atoms with Crippen molar-refractivity contribution in [1.82, 2.24) is 9.88 Å². The van der Waals surface area contributed by atoms with E-state index in [1.807, 2.05) is 30.5 Å². The van der Waals surface area contributed by atoms with Gasteiger partial charge in [0.2, 0.25) is 11.8 Å². The van der Waals surface area contributed by atoms with Crippen LogP contribution in [0.5, 0.6) is 0 Å². The quantitative estimate of drug-likeness (QED) is 0.671. The number of rotatable bonds is 6. The van der Waals surface area contributed by atoms with Gasteiger partial charge in [-0.1, -0.05) is 29.8 Å². The second kappa shape index (κ2) is 8.22. The second-order valence-electron chi connectivity index (χ2n) is 6.23. The van der Waals surface area contributed by atoms with Gasteiger partial charge < -0.3 is 15.2 Å². The molecule has 7 heteroatoms. The monoisotopic (exact) mass is 387 g/mol. The smallest absolute Gasteiger partial charge is 0.243 e. The van der Waals surface area contributed by atoms with Gasteiger partial charge in [-0.3, -0.25) is 9.59 Å². The predicted molar refractivity (Wildman–Crippen MR) is 104 cm³/mol. The van der Waals surface area contributed by atoms with Crippen LogP contribution in [0, 0.1) is 5.82 Å². The first kappa shape index (κ1) is 18.9. The number of amides is 2. The Morgan fingerprint density at radius 1 is 1.22 bits per heavy atom. The number of nitrogens with one attached hydrogen (secondary N) is 2. The molecule has 140 valence electrons. The third-order valence-corrected chi connectivity index (χ3v) is 4.60. The summed E-state index contributed by atoms with van der Waals surface area (Å²) in [6, 6.07) is 11.9. The summed E-state index contributed by atoms with van der Waals surface area (Å²) in [5.41, 5.74) is 2.50. The maximum Gasteiger partial charge on any atom is 0.243 e. The summed E-state index contributed by atoms with van der Waals surface area (Å²) in [5.74, 6) is -1.12. The van der Waals surface area contributed by atoms with E-state index >= 15 is 0 Å². The largest absolute Gasteiger partial charge is 0.361 e. The summed E-state index contributed by atoms with van der Waals surface area (Å²) in [6.45, 7) is 1.75. The third-order valence-electron chi connectivity index (χ3n) is 4.31. The van der Waals surface area contributed by atoms with Crippen LogP contribution in [0.1, 0.15) is 12.5 Å². The lowest BCUT2D eigenvalue weighted by molar-refractivity contribution is -0.132. The van der Waals surface area contributed by atoms with Crippen molar-refractivity contribution in [2.45, 2.75) is 13.3 Å². The fraction of sp³-hybridized carbons (Fsp3) is 0.200. The van der Waals surface area contributed by atoms with E-state index in [1.165, 1.54) is 30.0 Å². The van der Waals surface area contributed by atoms with Crippen molar-refractivity contribution in [3.05, 3.63) is 65.1 Å². The molecule has 0 atom stereocenters. The molecule has 0 bridgehead atoms. The molecule has 5 nitrogen and oxygen atoms in total. The average Bonchev–Trinajstić information content (AvgIpc) is 3.05. The lowest BCUT2D eigenvalue weighted by Crippen LogP contribution is -2.38. The zero-order chi connectivity index (χ0) is 19.4. The van der Waals surface area contributed by atoms with Crippen molar-refractivity contribution >= 4 is 40.0 Å². The minimum atomic E-state index is -0.557. The summed E-state index contributed by atoms with van der Waals surface area (Å²) in [4.78, 5) is 28.8. The number of carbonyl (C=O) groups is 2. The van der Waals surface area contributed by atoms with Crippen LogP contribution in [-0.4, -0.2) is 34.8 Å². The molecule has 0 saturated carbocycles. The van der Waals surface area contributed by atoms with Gasteiger partial charge in [0.15, 0.2) is 0 Å². The van der Waals surface area contributed by atoms with Crippen LogP contribution in [0.15, 0.2) is 48.7 Å². The molecule has 0 saturated heterocycles. The molecule has 1 aromatic heterocycles. The Kier molecular flexibility index (Phi) is 5.76. The van der Waals surface area contributed by atoms with Gasteiger partial charge in [-0.2, -0.15) is 0 Å². The van der Waals surface area contributed by atoms with Gasteiger partial charge >= 0.3 is 0 Å². The lowest BCUT2D eigenvalue weighted by Gasteiger charge is -2.20. The van der Waals surface area contributed by atoms with Crippen molar-refractivity contribution in [2.24, 2.45) is 0 Å². The number of hydrogen-bond donors (Lipinski definition) is 2. The van der Waals surface area contributed by atoms with Crippen LogP contribution >= 0.6 is 11.6 Å². The molecule has 0 fully saturated rings. The number of aromatic nitrogens is 1. The summed E-state index contributed by atoms with van der Waals surface area (Å²) in [6.07, 6.45) is 2.54. The number of para-hydroxylation sites is 1. The van der Waals surface area contributed by atoms with E-state index in [-0.39, 0.29) is 23.4 Å². The molecule has 3 rings (SSSR count). The van der Waals surface area contributed by atoms with Crippen LogP contribution in [0.25, 0.3) is 10.9 Å². The van der Waals surface area contributed by atoms with Crippen LogP contribution in [0.3, 0.4) is 0 Å². The van der Waals surface area contributed by atoms with Gasteiger partial charge in [0.05, 0.1) is 11.6 Å². The number of hydrogen-bond acceptors (Lipinski definition) is 2. The average molecular weight is 388 g/mol. The molecule has 0 aliphatic heterocycles. The standard InChI is InChI=1S/C20H19ClFN3O2/c1-13(26)25(9-8-14-11-23-19-5-3-2-4-16(14)19)12-20(27)24-15-6-7-18(22)17(21)10-15/h2-7,10-11,23H,8-9,12H2,1H3,(H,24,27). The summed E-state index contributed by atoms with van der Waals surface area (Å²) in [5, 5.41) is 3.66. The lowest BCUT2D eigenvalue weighted by atomic mass is 10.1. The van der Waals surface area contributed by atoms with E-state index < -0.39 is 5.82 Å². The minimum Gasteiger partial charge on any atom is -0.361 e. The van der Waals surface area contributed by atoms with Crippen molar-refractivity contribution in [3.63, 3.8) is 0 Å². The van der Waals surface area contributed by atoms with E-state index in [1.54, 1.807) is 0 Å². The maximum absolute atomic E-state index is 13.2. The van der Waals surface area contributed by atoms with Crippen molar-refractivity contribution < 1.29 is 14.0 Å². The number of halogens is 2. The highest BCUT2D eigenvalue weighted by atomic mass is 35.5. The molecule has 0 aliphatic rings. The van der Waals surface area contributed by atoms with Crippen LogP contribution in [-0.2, 0) is 16.0 Å². The first-order chi connectivity index (χ1) is 12.9. The number of fused-ring (bicyclic) bond motifs is 1. The molecule has 2 N–H and O–H groups in total. The van der Waals surface area contributed by atoms with Crippen LogP contribution in [0.4, 0.5) is 10.1 Å². The second-order valence-corrected chi connectivity index (χ2v) is 6.63. The van der Waals surface area contributed by atoms with Gasteiger partial charge in [0.25, 0.3) is 0 Å². The zero-order valence-corrected chi connectivity index (χ0v) is 15.5. The Labute approximate surface area is 161 Å². The number of anilines is 1. The Hall–Kier alpha value is -2.86. The Balaban J connectivity index is 1.62. The Morgan fingerprint density at radius 3 is 2.74 bits per heavy atom. The molecular formula is C20H19ClFN3O2. The summed E-state index contributed by atoms with van der Waals surface area (Å²) >= 11 is 5.71. The van der Waals surface area contributed by atoms with E-state index in [2.05, 4.69) is 10.3 Å². The van der Waals surface area contributed by atoms with Gasteiger partial charge in [-0.15, -0.1) is 0 Å². The van der Waals surface area contributed by atoms with Gasteiger partial charge in [0.1, 0.15) is 5.82 Å². The van der Waals surface area contributed by atoms with Crippen molar-refractivity contribution in [3.8, 4) is 0 Å². The first-order valence-corrected chi connectivity index (χ1v) is 8.87. The molecule has 0 spiro atoms. The molecule has 0 aliphatic carbocycles. The molecule has 0 unspecified atom stereocenters. The van der Waals surface area contributed by atoms with Crippen LogP contribution < -0.4 is 5.32 Å². The Bertz CT molecular complexity index is 986. The number of benzene rings is 2. The topological polar surface area (TPSA) is 65.2 Å². The van der Waals surface area contributed by atoms with Crippen molar-refractivity contribution in [2.75, 3.05) is 18.4 Å². The summed E-state index contributed by atoms with van der Waals surface area (Å²) < 4.78 is 13.2. The minimum absolute atomic E-state index is 0.0736.